The molecule has 2 aromatic carbocycles. The van der Waals surface area contributed by atoms with Gasteiger partial charge in [-0.25, -0.2) is 9.18 Å². The van der Waals surface area contributed by atoms with Gasteiger partial charge >= 0.3 is 6.09 Å². The average molecular weight is 429 g/mol. The van der Waals surface area contributed by atoms with Crippen LogP contribution in [0.2, 0.25) is 0 Å². The maximum atomic E-state index is 13.1. The number of piperidine rings is 1. The highest BCUT2D eigenvalue weighted by Gasteiger charge is 2.29. The van der Waals surface area contributed by atoms with Crippen LogP contribution < -0.4 is 15.4 Å². The predicted octanol–water partition coefficient (Wildman–Crippen LogP) is 3.60. The number of rotatable bonds is 8. The molecule has 0 bridgehead atoms. The normalized spacial score (nSPS) is 15.8. The van der Waals surface area contributed by atoms with Crippen LogP contribution in [0, 0.1) is 11.7 Å². The number of likely N-dealkylation sites (tertiary alicyclic amines) is 1. The summed E-state index contributed by atoms with van der Waals surface area (Å²) in [5.41, 5.74) is 1.10. The molecule has 1 heterocycles. The van der Waals surface area contributed by atoms with Crippen LogP contribution >= 0.6 is 0 Å². The number of benzene rings is 2. The van der Waals surface area contributed by atoms with Gasteiger partial charge in [-0.1, -0.05) is 12.1 Å². The van der Waals surface area contributed by atoms with Gasteiger partial charge in [0.1, 0.15) is 17.3 Å². The second-order valence-electron chi connectivity index (χ2n) is 7.75. The summed E-state index contributed by atoms with van der Waals surface area (Å²) in [5, 5.41) is 14.2. The number of carboxylic acid groups (broad SMARTS) is 1. The van der Waals surface area contributed by atoms with Gasteiger partial charge in [0.2, 0.25) is 5.91 Å². The van der Waals surface area contributed by atoms with Crippen LogP contribution in [0.3, 0.4) is 0 Å². The third kappa shape index (κ3) is 6.96. The van der Waals surface area contributed by atoms with Gasteiger partial charge in [-0.2, -0.15) is 0 Å². The summed E-state index contributed by atoms with van der Waals surface area (Å²) in [6.07, 6.45) is 0.673. The van der Waals surface area contributed by atoms with Crippen molar-refractivity contribution in [2.24, 2.45) is 5.92 Å². The quantitative estimate of drug-likeness (QED) is 0.597. The molecule has 7 nitrogen and oxygen atoms in total. The van der Waals surface area contributed by atoms with Crippen molar-refractivity contribution in [2.45, 2.75) is 31.8 Å². The molecule has 0 saturated carbocycles. The first kappa shape index (κ1) is 22.6. The Morgan fingerprint density at radius 2 is 1.87 bits per heavy atom. The zero-order valence-electron chi connectivity index (χ0n) is 17.5. The second kappa shape index (κ2) is 10.8. The Labute approximate surface area is 181 Å². The summed E-state index contributed by atoms with van der Waals surface area (Å²) in [5.74, 6) is 0.917. The maximum absolute atomic E-state index is 13.1. The van der Waals surface area contributed by atoms with E-state index in [0.29, 0.717) is 11.5 Å². The minimum absolute atomic E-state index is 0.123. The molecule has 1 aliphatic rings. The Morgan fingerprint density at radius 1 is 1.16 bits per heavy atom. The average Bonchev–Trinajstić information content (AvgIpc) is 2.75. The van der Waals surface area contributed by atoms with Crippen molar-refractivity contribution in [3.05, 3.63) is 59.9 Å². The van der Waals surface area contributed by atoms with Crippen molar-refractivity contribution < 1.29 is 23.8 Å². The highest BCUT2D eigenvalue weighted by molar-refractivity contribution is 5.77. The summed E-state index contributed by atoms with van der Waals surface area (Å²) in [6.45, 7) is 2.39. The topological polar surface area (TPSA) is 90.9 Å². The lowest BCUT2D eigenvalue weighted by Gasteiger charge is -2.35. The van der Waals surface area contributed by atoms with Gasteiger partial charge in [-0.3, -0.25) is 9.69 Å². The summed E-state index contributed by atoms with van der Waals surface area (Å²) in [4.78, 5) is 25.2. The van der Waals surface area contributed by atoms with Crippen LogP contribution in [0.4, 0.5) is 9.18 Å². The molecule has 166 valence electrons. The Morgan fingerprint density at radius 3 is 2.52 bits per heavy atom. The SMILES string of the molecule is CNC(=O)CC(NC(=O)O)C1CCN(Cc2cccc(Oc3ccc(F)cc3)c2)CC1. The largest absolute Gasteiger partial charge is 0.465 e. The van der Waals surface area contributed by atoms with Crippen LogP contribution in [0.15, 0.2) is 48.5 Å². The molecule has 0 radical (unpaired) electrons. The zero-order chi connectivity index (χ0) is 22.2. The van der Waals surface area contributed by atoms with Crippen molar-refractivity contribution in [3.63, 3.8) is 0 Å². The number of ether oxygens (including phenoxy) is 1. The number of hydrogen-bond donors (Lipinski definition) is 3. The van der Waals surface area contributed by atoms with E-state index in [-0.39, 0.29) is 30.1 Å². The van der Waals surface area contributed by atoms with Crippen molar-refractivity contribution in [1.82, 2.24) is 15.5 Å². The minimum atomic E-state index is -1.10. The molecule has 3 rings (SSSR count). The van der Waals surface area contributed by atoms with Crippen molar-refractivity contribution >= 4 is 12.0 Å². The van der Waals surface area contributed by atoms with E-state index in [0.717, 1.165) is 38.0 Å². The molecule has 2 amide bonds. The summed E-state index contributed by atoms with van der Waals surface area (Å²) in [6, 6.07) is 13.3. The van der Waals surface area contributed by atoms with Gasteiger partial charge in [0.25, 0.3) is 0 Å². The lowest BCUT2D eigenvalue weighted by molar-refractivity contribution is -0.121. The summed E-state index contributed by atoms with van der Waals surface area (Å²) in [7, 11) is 1.55. The minimum Gasteiger partial charge on any atom is -0.465 e. The van der Waals surface area contributed by atoms with Gasteiger partial charge in [-0.15, -0.1) is 0 Å². The van der Waals surface area contributed by atoms with Crippen LogP contribution in [-0.4, -0.2) is 48.2 Å². The van der Waals surface area contributed by atoms with Crippen LogP contribution in [0.25, 0.3) is 0 Å². The van der Waals surface area contributed by atoms with Crippen molar-refractivity contribution in [2.75, 3.05) is 20.1 Å². The fraction of sp³-hybridized carbons (Fsp3) is 0.391. The number of carbonyl (C=O) groups excluding carboxylic acids is 1. The van der Waals surface area contributed by atoms with E-state index in [4.69, 9.17) is 9.84 Å². The Bertz CT molecular complexity index is 883. The van der Waals surface area contributed by atoms with Gasteiger partial charge in [0, 0.05) is 26.1 Å². The second-order valence-corrected chi connectivity index (χ2v) is 7.75. The molecular formula is C23H28FN3O4. The molecule has 8 heteroatoms. The Balaban J connectivity index is 1.54. The smallest absolute Gasteiger partial charge is 0.404 e. The summed E-state index contributed by atoms with van der Waals surface area (Å²) < 4.78 is 18.9. The zero-order valence-corrected chi connectivity index (χ0v) is 17.5. The van der Waals surface area contributed by atoms with Crippen LogP contribution in [0.5, 0.6) is 11.5 Å². The third-order valence-corrected chi connectivity index (χ3v) is 5.55. The lowest BCUT2D eigenvalue weighted by Crippen LogP contribution is -2.46. The van der Waals surface area contributed by atoms with Crippen molar-refractivity contribution in [1.29, 1.82) is 0 Å². The van der Waals surface area contributed by atoms with E-state index in [1.54, 1.807) is 19.2 Å². The van der Waals surface area contributed by atoms with Gasteiger partial charge in [0.05, 0.1) is 0 Å². The molecule has 1 saturated heterocycles. The van der Waals surface area contributed by atoms with E-state index < -0.39 is 6.09 Å². The third-order valence-electron chi connectivity index (χ3n) is 5.55. The number of nitrogens with one attached hydrogen (secondary N) is 2. The molecular weight excluding hydrogens is 401 g/mol. The van der Waals surface area contributed by atoms with Crippen molar-refractivity contribution in [3.8, 4) is 11.5 Å². The highest BCUT2D eigenvalue weighted by atomic mass is 19.1. The lowest BCUT2D eigenvalue weighted by atomic mass is 9.87. The molecule has 0 spiro atoms. The molecule has 0 aliphatic carbocycles. The fourth-order valence-corrected chi connectivity index (χ4v) is 3.91. The predicted molar refractivity (Wildman–Crippen MR) is 115 cm³/mol. The van der Waals surface area contributed by atoms with E-state index in [1.165, 1.54) is 12.1 Å². The molecule has 2 aromatic rings. The molecule has 31 heavy (non-hydrogen) atoms. The molecule has 1 aliphatic heterocycles. The number of amides is 2. The maximum Gasteiger partial charge on any atom is 0.404 e. The molecule has 1 fully saturated rings. The Hall–Kier alpha value is -3.13. The monoisotopic (exact) mass is 429 g/mol. The number of carbonyl (C=O) groups is 2. The fourth-order valence-electron chi connectivity index (χ4n) is 3.91. The highest BCUT2D eigenvalue weighted by Crippen LogP contribution is 2.26. The summed E-state index contributed by atoms with van der Waals surface area (Å²) >= 11 is 0. The van der Waals surface area contributed by atoms with E-state index in [2.05, 4.69) is 15.5 Å². The van der Waals surface area contributed by atoms with Gasteiger partial charge in [-0.05, 0) is 73.8 Å². The van der Waals surface area contributed by atoms with Gasteiger partial charge < -0.3 is 20.5 Å². The standard InChI is InChI=1S/C23H28FN3O4/c1-25-22(28)14-21(26-23(29)30)17-9-11-27(12-10-17)15-16-3-2-4-20(13-16)31-19-7-5-18(24)6-8-19/h2-8,13,17,21,26H,9-12,14-15H2,1H3,(H,25,28)(H,29,30). The molecule has 3 N–H and O–H groups in total. The Kier molecular flexibility index (Phi) is 7.83. The van der Waals surface area contributed by atoms with Crippen LogP contribution in [0.1, 0.15) is 24.8 Å². The first-order valence-electron chi connectivity index (χ1n) is 10.4. The molecule has 1 atom stereocenters. The van der Waals surface area contributed by atoms with Crippen LogP contribution in [-0.2, 0) is 11.3 Å². The van der Waals surface area contributed by atoms with E-state index >= 15 is 0 Å². The van der Waals surface area contributed by atoms with E-state index in [9.17, 15) is 14.0 Å². The van der Waals surface area contributed by atoms with Gasteiger partial charge in [0.15, 0.2) is 0 Å². The first-order chi connectivity index (χ1) is 14.9. The number of halogens is 1. The number of nitrogens with zero attached hydrogens (tertiary/aromatic N) is 1. The first-order valence-corrected chi connectivity index (χ1v) is 10.4. The number of hydrogen-bond acceptors (Lipinski definition) is 4. The van der Waals surface area contributed by atoms with E-state index in [1.807, 2.05) is 24.3 Å². The molecule has 0 aromatic heterocycles. The molecule has 1 unspecified atom stereocenters.